The number of hydrogen-bond acceptors (Lipinski definition) is 5. The lowest BCUT2D eigenvalue weighted by Crippen LogP contribution is -2.46. The Morgan fingerprint density at radius 1 is 1.48 bits per heavy atom. The van der Waals surface area contributed by atoms with Crippen LogP contribution in [0.2, 0.25) is 0 Å². The van der Waals surface area contributed by atoms with E-state index < -0.39 is 5.97 Å². The van der Waals surface area contributed by atoms with Crippen LogP contribution < -0.4 is 0 Å². The van der Waals surface area contributed by atoms with E-state index in [1.807, 2.05) is 31.2 Å². The Labute approximate surface area is 122 Å². The number of aryl methyl sites for hydroxylation is 1. The number of aliphatic carboxylic acids is 1. The summed E-state index contributed by atoms with van der Waals surface area (Å²) in [6, 6.07) is 7.92. The molecule has 2 aromatic rings. The van der Waals surface area contributed by atoms with Gasteiger partial charge < -0.3 is 9.63 Å². The predicted octanol–water partition coefficient (Wildman–Crippen LogP) is 1.95. The number of carboxylic acid groups (broad SMARTS) is 1. The first kappa shape index (κ1) is 13.8. The van der Waals surface area contributed by atoms with Gasteiger partial charge in [-0.25, -0.2) is 0 Å². The first-order valence-corrected chi connectivity index (χ1v) is 6.94. The van der Waals surface area contributed by atoms with Crippen LogP contribution in [0, 0.1) is 12.8 Å². The highest BCUT2D eigenvalue weighted by atomic mass is 16.5. The number of nitrogens with zero attached hydrogens (tertiary/aromatic N) is 3. The molecule has 0 amide bonds. The van der Waals surface area contributed by atoms with Gasteiger partial charge in [-0.1, -0.05) is 22.9 Å². The fraction of sp³-hybridized carbons (Fsp3) is 0.400. The molecule has 0 saturated carbocycles. The molecular formula is C15H17N3O3. The number of likely N-dealkylation sites (tertiary alicyclic amines) is 1. The molecule has 6 heteroatoms. The fourth-order valence-corrected chi connectivity index (χ4v) is 2.60. The standard InChI is InChI=1S/C15H17N3O3/c1-10-3-2-4-12(5-10)15-16-13(17-21-15)9-18-7-11(8-18)6-14(19)20/h2-5,11H,6-9H2,1H3,(H,19,20). The molecule has 1 fully saturated rings. The van der Waals surface area contributed by atoms with Gasteiger partial charge in [-0.05, 0) is 25.0 Å². The Hall–Kier alpha value is -2.21. The average molecular weight is 287 g/mol. The van der Waals surface area contributed by atoms with Crippen LogP contribution in [-0.4, -0.2) is 39.2 Å². The predicted molar refractivity (Wildman–Crippen MR) is 75.5 cm³/mol. The van der Waals surface area contributed by atoms with Gasteiger partial charge in [0.1, 0.15) is 0 Å². The minimum atomic E-state index is -0.735. The zero-order valence-corrected chi connectivity index (χ0v) is 11.8. The molecule has 1 aliphatic heterocycles. The Kier molecular flexibility index (Phi) is 3.70. The number of rotatable bonds is 5. The number of benzene rings is 1. The molecule has 0 bridgehead atoms. The Balaban J connectivity index is 1.58. The second-order valence-corrected chi connectivity index (χ2v) is 5.54. The number of hydrogen-bond donors (Lipinski definition) is 1. The van der Waals surface area contributed by atoms with Crippen molar-refractivity contribution < 1.29 is 14.4 Å². The highest BCUT2D eigenvalue weighted by molar-refractivity contribution is 5.67. The van der Waals surface area contributed by atoms with Crippen molar-refractivity contribution in [3.8, 4) is 11.5 Å². The smallest absolute Gasteiger partial charge is 0.303 e. The first-order valence-electron chi connectivity index (χ1n) is 6.94. The van der Waals surface area contributed by atoms with Gasteiger partial charge >= 0.3 is 5.97 Å². The average Bonchev–Trinajstić information content (AvgIpc) is 2.84. The van der Waals surface area contributed by atoms with Gasteiger partial charge in [-0.15, -0.1) is 0 Å². The highest BCUT2D eigenvalue weighted by Crippen LogP contribution is 2.22. The van der Waals surface area contributed by atoms with Crippen LogP contribution in [0.4, 0.5) is 0 Å². The van der Waals surface area contributed by atoms with Crippen molar-refractivity contribution in [3.63, 3.8) is 0 Å². The van der Waals surface area contributed by atoms with E-state index >= 15 is 0 Å². The summed E-state index contributed by atoms with van der Waals surface area (Å²) in [6.07, 6.45) is 0.233. The van der Waals surface area contributed by atoms with E-state index in [9.17, 15) is 4.79 Å². The lowest BCUT2D eigenvalue weighted by molar-refractivity contribution is -0.139. The molecule has 3 rings (SSSR count). The third kappa shape index (κ3) is 3.28. The molecule has 110 valence electrons. The molecule has 1 N–H and O–H groups in total. The summed E-state index contributed by atoms with van der Waals surface area (Å²) in [4.78, 5) is 17.1. The zero-order valence-electron chi connectivity index (χ0n) is 11.8. The van der Waals surface area contributed by atoms with Crippen molar-refractivity contribution in [2.75, 3.05) is 13.1 Å². The molecule has 0 spiro atoms. The fourth-order valence-electron chi connectivity index (χ4n) is 2.60. The summed E-state index contributed by atoms with van der Waals surface area (Å²) in [6.45, 7) is 4.18. The molecular weight excluding hydrogens is 270 g/mol. The normalized spacial score (nSPS) is 15.9. The van der Waals surface area contributed by atoms with Crippen molar-refractivity contribution in [1.29, 1.82) is 0 Å². The van der Waals surface area contributed by atoms with Crippen LogP contribution in [0.5, 0.6) is 0 Å². The van der Waals surface area contributed by atoms with Gasteiger partial charge in [-0.2, -0.15) is 4.98 Å². The van der Waals surface area contributed by atoms with Gasteiger partial charge in [0.15, 0.2) is 5.82 Å². The minimum Gasteiger partial charge on any atom is -0.481 e. The Morgan fingerprint density at radius 2 is 2.29 bits per heavy atom. The number of carboxylic acids is 1. The summed E-state index contributed by atoms with van der Waals surface area (Å²) in [5.74, 6) is 0.670. The molecule has 6 nitrogen and oxygen atoms in total. The van der Waals surface area contributed by atoms with E-state index in [1.54, 1.807) is 0 Å². The van der Waals surface area contributed by atoms with Crippen molar-refractivity contribution in [2.45, 2.75) is 19.9 Å². The van der Waals surface area contributed by atoms with Gasteiger partial charge in [0.25, 0.3) is 5.89 Å². The Morgan fingerprint density at radius 3 is 3.00 bits per heavy atom. The van der Waals surface area contributed by atoms with Crippen LogP contribution in [0.1, 0.15) is 17.8 Å². The minimum absolute atomic E-state index is 0.233. The molecule has 2 heterocycles. The third-order valence-corrected chi connectivity index (χ3v) is 3.59. The summed E-state index contributed by atoms with van der Waals surface area (Å²) in [7, 11) is 0. The van der Waals surface area contributed by atoms with Crippen molar-refractivity contribution >= 4 is 5.97 Å². The molecule has 0 atom stereocenters. The molecule has 1 aliphatic rings. The lowest BCUT2D eigenvalue weighted by atomic mass is 9.96. The first-order chi connectivity index (χ1) is 10.1. The Bertz CT molecular complexity index is 647. The van der Waals surface area contributed by atoms with Gasteiger partial charge in [-0.3, -0.25) is 9.69 Å². The van der Waals surface area contributed by atoms with Crippen LogP contribution in [0.3, 0.4) is 0 Å². The highest BCUT2D eigenvalue weighted by Gasteiger charge is 2.29. The second kappa shape index (κ2) is 5.65. The van der Waals surface area contributed by atoms with E-state index in [1.165, 1.54) is 0 Å². The third-order valence-electron chi connectivity index (χ3n) is 3.59. The topological polar surface area (TPSA) is 79.5 Å². The summed E-state index contributed by atoms with van der Waals surface area (Å²) in [5, 5.41) is 12.7. The van der Waals surface area contributed by atoms with Crippen LogP contribution in [0.25, 0.3) is 11.5 Å². The van der Waals surface area contributed by atoms with Gasteiger partial charge in [0.05, 0.1) is 13.0 Å². The van der Waals surface area contributed by atoms with E-state index in [2.05, 4.69) is 15.0 Å². The molecule has 1 aromatic heterocycles. The summed E-state index contributed by atoms with van der Waals surface area (Å²) >= 11 is 0. The van der Waals surface area contributed by atoms with Crippen molar-refractivity contribution in [3.05, 3.63) is 35.7 Å². The summed E-state index contributed by atoms with van der Waals surface area (Å²) < 4.78 is 5.28. The largest absolute Gasteiger partial charge is 0.481 e. The van der Waals surface area contributed by atoms with E-state index in [0.29, 0.717) is 18.3 Å². The van der Waals surface area contributed by atoms with E-state index in [0.717, 1.165) is 24.2 Å². The SMILES string of the molecule is Cc1cccc(-c2nc(CN3CC(CC(=O)O)C3)no2)c1. The van der Waals surface area contributed by atoms with Crippen molar-refractivity contribution in [2.24, 2.45) is 5.92 Å². The molecule has 21 heavy (non-hydrogen) atoms. The van der Waals surface area contributed by atoms with Gasteiger partial charge in [0.2, 0.25) is 0 Å². The maximum atomic E-state index is 10.6. The maximum absolute atomic E-state index is 10.6. The molecule has 1 saturated heterocycles. The van der Waals surface area contributed by atoms with E-state index in [-0.39, 0.29) is 12.3 Å². The van der Waals surface area contributed by atoms with Crippen molar-refractivity contribution in [1.82, 2.24) is 15.0 Å². The van der Waals surface area contributed by atoms with E-state index in [4.69, 9.17) is 9.63 Å². The second-order valence-electron chi connectivity index (χ2n) is 5.54. The van der Waals surface area contributed by atoms with Crippen LogP contribution >= 0.6 is 0 Å². The quantitative estimate of drug-likeness (QED) is 0.905. The zero-order chi connectivity index (χ0) is 14.8. The van der Waals surface area contributed by atoms with Crippen LogP contribution in [-0.2, 0) is 11.3 Å². The molecule has 1 aromatic carbocycles. The summed E-state index contributed by atoms with van der Waals surface area (Å²) in [5.41, 5.74) is 2.06. The molecule has 0 aliphatic carbocycles. The molecule has 0 radical (unpaired) electrons. The lowest BCUT2D eigenvalue weighted by Gasteiger charge is -2.37. The maximum Gasteiger partial charge on any atom is 0.303 e. The molecule has 0 unspecified atom stereocenters. The monoisotopic (exact) mass is 287 g/mol. The number of aromatic nitrogens is 2. The number of carbonyl (C=O) groups is 1. The van der Waals surface area contributed by atoms with Gasteiger partial charge in [0, 0.05) is 18.7 Å². The van der Waals surface area contributed by atoms with Crippen LogP contribution in [0.15, 0.2) is 28.8 Å².